The highest BCUT2D eigenvalue weighted by Crippen LogP contribution is 2.37. The van der Waals surface area contributed by atoms with Crippen molar-refractivity contribution in [1.29, 1.82) is 0 Å². The summed E-state index contributed by atoms with van der Waals surface area (Å²) in [6.45, 7) is 1.52. The molecule has 1 amide bonds. The second-order valence-corrected chi connectivity index (χ2v) is 7.12. The monoisotopic (exact) mass is 410 g/mol. The Morgan fingerprint density at radius 3 is 2.64 bits per heavy atom. The molecule has 2 aromatic carbocycles. The van der Waals surface area contributed by atoms with Crippen molar-refractivity contribution in [2.75, 3.05) is 5.32 Å². The number of imidazole rings is 1. The maximum atomic E-state index is 13.2. The fourth-order valence-electron chi connectivity index (χ4n) is 2.43. The lowest BCUT2D eigenvalue weighted by molar-refractivity contribution is -0.385. The number of nitrogens with zero attached hydrogens (tertiary/aromatic N) is 2. The number of thioether (sulfide) groups is 1. The maximum absolute atomic E-state index is 13.2. The van der Waals surface area contributed by atoms with E-state index in [0.717, 1.165) is 29.4 Å². The van der Waals surface area contributed by atoms with E-state index in [1.807, 2.05) is 12.1 Å². The highest BCUT2D eigenvalue weighted by Gasteiger charge is 2.36. The smallest absolute Gasteiger partial charge is 0.333 e. The molecular formula is C17H13F3N4O3S. The molecule has 28 heavy (non-hydrogen) atoms. The number of hydrogen-bond donors (Lipinski definition) is 2. The number of alkyl halides is 3. The minimum atomic E-state index is -4.86. The topological polar surface area (TPSA) is 101 Å². The van der Waals surface area contributed by atoms with Crippen molar-refractivity contribution in [3.63, 3.8) is 0 Å². The van der Waals surface area contributed by atoms with Gasteiger partial charge in [0.15, 0.2) is 5.16 Å². The Bertz CT molecular complexity index is 1020. The summed E-state index contributed by atoms with van der Waals surface area (Å²) in [5.74, 6) is -0.690. The zero-order chi connectivity index (χ0) is 20.5. The predicted molar refractivity (Wildman–Crippen MR) is 98.1 cm³/mol. The zero-order valence-corrected chi connectivity index (χ0v) is 15.1. The van der Waals surface area contributed by atoms with Crippen LogP contribution in [0.25, 0.3) is 11.0 Å². The molecule has 2 N–H and O–H groups in total. The molecule has 146 valence electrons. The number of benzene rings is 2. The molecule has 1 aromatic heterocycles. The van der Waals surface area contributed by atoms with Crippen molar-refractivity contribution in [3.05, 3.63) is 58.1 Å². The molecule has 0 radical (unpaired) electrons. The highest BCUT2D eigenvalue weighted by molar-refractivity contribution is 8.00. The Morgan fingerprint density at radius 1 is 1.29 bits per heavy atom. The first-order valence-electron chi connectivity index (χ1n) is 7.93. The first kappa shape index (κ1) is 19.7. The maximum Gasteiger partial charge on any atom is 0.418 e. The molecule has 0 aliphatic rings. The average molecular weight is 410 g/mol. The van der Waals surface area contributed by atoms with Crippen molar-refractivity contribution in [3.8, 4) is 0 Å². The van der Waals surface area contributed by atoms with Crippen LogP contribution >= 0.6 is 11.8 Å². The third-order valence-corrected chi connectivity index (χ3v) is 4.79. The van der Waals surface area contributed by atoms with Crippen LogP contribution in [0.15, 0.2) is 47.6 Å². The fourth-order valence-corrected chi connectivity index (χ4v) is 3.25. The van der Waals surface area contributed by atoms with Gasteiger partial charge in [-0.2, -0.15) is 13.2 Å². The molecule has 11 heteroatoms. The average Bonchev–Trinajstić information content (AvgIpc) is 3.03. The highest BCUT2D eigenvalue weighted by atomic mass is 32.2. The standard InChI is InChI=1S/C17H13F3N4O3S/c1-9(28-16-22-13-4-2-3-5-14(13)23-16)15(25)21-12-7-6-10(24(26)27)8-11(12)17(18,19)20/h2-9H,1H3,(H,21,25)(H,22,23). The molecule has 7 nitrogen and oxygen atoms in total. The van der Waals surface area contributed by atoms with E-state index in [-0.39, 0.29) is 0 Å². The number of hydrogen-bond acceptors (Lipinski definition) is 5. The number of carbonyl (C=O) groups excluding carboxylic acids is 1. The number of halogens is 3. The summed E-state index contributed by atoms with van der Waals surface area (Å²) in [6, 6.07) is 9.39. The molecular weight excluding hydrogens is 397 g/mol. The number of rotatable bonds is 5. The first-order valence-corrected chi connectivity index (χ1v) is 8.81. The second-order valence-electron chi connectivity index (χ2n) is 5.79. The van der Waals surface area contributed by atoms with Crippen LogP contribution in [-0.2, 0) is 11.0 Å². The normalized spacial score (nSPS) is 12.7. The van der Waals surface area contributed by atoms with Gasteiger partial charge in [0, 0.05) is 12.1 Å². The molecule has 3 aromatic rings. The number of H-pyrrole nitrogens is 1. The molecule has 1 unspecified atom stereocenters. The van der Waals surface area contributed by atoms with E-state index in [1.54, 1.807) is 12.1 Å². The summed E-state index contributed by atoms with van der Waals surface area (Å²) in [7, 11) is 0. The number of aromatic nitrogens is 2. The zero-order valence-electron chi connectivity index (χ0n) is 14.3. The Balaban J connectivity index is 1.78. The number of para-hydroxylation sites is 2. The molecule has 3 rings (SSSR count). The summed E-state index contributed by atoms with van der Waals surface area (Å²) in [6.07, 6.45) is -4.86. The number of nitrogens with one attached hydrogen (secondary N) is 2. The van der Waals surface area contributed by atoms with Gasteiger partial charge in [0.1, 0.15) is 0 Å². The molecule has 0 bridgehead atoms. The summed E-state index contributed by atoms with van der Waals surface area (Å²) >= 11 is 1.05. The molecule has 1 atom stereocenters. The second kappa shape index (κ2) is 7.50. The Kier molecular flexibility index (Phi) is 5.27. The number of amides is 1. The van der Waals surface area contributed by atoms with E-state index in [9.17, 15) is 28.1 Å². The lowest BCUT2D eigenvalue weighted by Gasteiger charge is -2.15. The van der Waals surface area contributed by atoms with E-state index in [4.69, 9.17) is 0 Å². The van der Waals surface area contributed by atoms with Gasteiger partial charge in [-0.1, -0.05) is 23.9 Å². The van der Waals surface area contributed by atoms with Gasteiger partial charge >= 0.3 is 6.18 Å². The number of non-ortho nitro benzene ring substituents is 1. The van der Waals surface area contributed by atoms with Crippen LogP contribution in [0.3, 0.4) is 0 Å². The van der Waals surface area contributed by atoms with Crippen LogP contribution in [0.1, 0.15) is 12.5 Å². The summed E-state index contributed by atoms with van der Waals surface area (Å²) in [5.41, 5.74) is -1.06. The number of anilines is 1. The van der Waals surface area contributed by atoms with Crippen molar-refractivity contribution in [2.45, 2.75) is 23.5 Å². The van der Waals surface area contributed by atoms with E-state index in [1.165, 1.54) is 6.92 Å². The van der Waals surface area contributed by atoms with Gasteiger partial charge in [-0.15, -0.1) is 0 Å². The number of fused-ring (bicyclic) bond motifs is 1. The van der Waals surface area contributed by atoms with E-state index in [0.29, 0.717) is 16.7 Å². The molecule has 0 saturated heterocycles. The van der Waals surface area contributed by atoms with Gasteiger partial charge in [-0.25, -0.2) is 4.98 Å². The van der Waals surface area contributed by atoms with Crippen LogP contribution in [0.2, 0.25) is 0 Å². The third kappa shape index (κ3) is 4.25. The quantitative estimate of drug-likeness (QED) is 0.363. The predicted octanol–water partition coefficient (Wildman–Crippen LogP) is 4.61. The minimum absolute atomic E-state index is 0.396. The molecule has 0 spiro atoms. The van der Waals surface area contributed by atoms with Crippen molar-refractivity contribution >= 4 is 40.1 Å². The molecule has 0 aliphatic carbocycles. The van der Waals surface area contributed by atoms with Gasteiger partial charge in [0.05, 0.1) is 32.5 Å². The molecule has 0 saturated carbocycles. The summed E-state index contributed by atoms with van der Waals surface area (Å²) < 4.78 is 39.6. The minimum Gasteiger partial charge on any atom is -0.333 e. The van der Waals surface area contributed by atoms with Crippen molar-refractivity contribution < 1.29 is 22.9 Å². The SMILES string of the molecule is CC(Sc1nc2ccccc2[nH]1)C(=O)Nc1ccc([N+](=O)[O-])cc1C(F)(F)F. The largest absolute Gasteiger partial charge is 0.418 e. The first-order chi connectivity index (χ1) is 13.1. The van der Waals surface area contributed by atoms with Gasteiger partial charge in [0.25, 0.3) is 5.69 Å². The van der Waals surface area contributed by atoms with Crippen LogP contribution in [-0.4, -0.2) is 26.0 Å². The van der Waals surface area contributed by atoms with Gasteiger partial charge in [-0.3, -0.25) is 14.9 Å². The van der Waals surface area contributed by atoms with Crippen LogP contribution in [0.5, 0.6) is 0 Å². The fraction of sp³-hybridized carbons (Fsp3) is 0.176. The van der Waals surface area contributed by atoms with Crippen LogP contribution < -0.4 is 5.32 Å². The number of nitro groups is 1. The number of aromatic amines is 1. The number of nitro benzene ring substituents is 1. The van der Waals surface area contributed by atoms with Gasteiger partial charge in [-0.05, 0) is 25.1 Å². The van der Waals surface area contributed by atoms with Crippen LogP contribution in [0, 0.1) is 10.1 Å². The Hall–Kier alpha value is -3.08. The molecule has 1 heterocycles. The summed E-state index contributed by atoms with van der Waals surface area (Å²) in [4.78, 5) is 29.5. The summed E-state index contributed by atoms with van der Waals surface area (Å²) in [5, 5.41) is 12.6. The Labute approximate surface area is 160 Å². The van der Waals surface area contributed by atoms with E-state index in [2.05, 4.69) is 15.3 Å². The van der Waals surface area contributed by atoms with E-state index >= 15 is 0 Å². The third-order valence-electron chi connectivity index (χ3n) is 3.80. The van der Waals surface area contributed by atoms with Gasteiger partial charge in [0.2, 0.25) is 5.91 Å². The van der Waals surface area contributed by atoms with E-state index < -0.39 is 39.2 Å². The van der Waals surface area contributed by atoms with Crippen molar-refractivity contribution in [1.82, 2.24) is 9.97 Å². The molecule has 0 fully saturated rings. The van der Waals surface area contributed by atoms with Crippen LogP contribution in [0.4, 0.5) is 24.5 Å². The lowest BCUT2D eigenvalue weighted by Crippen LogP contribution is -2.24. The van der Waals surface area contributed by atoms with Gasteiger partial charge < -0.3 is 10.3 Å². The number of carbonyl (C=O) groups is 1. The molecule has 0 aliphatic heterocycles. The Morgan fingerprint density at radius 2 is 2.00 bits per heavy atom. The van der Waals surface area contributed by atoms with Crippen molar-refractivity contribution in [2.24, 2.45) is 0 Å². The lowest BCUT2D eigenvalue weighted by atomic mass is 10.1.